The van der Waals surface area contributed by atoms with Crippen molar-refractivity contribution >= 4 is 35.3 Å². The lowest BCUT2D eigenvalue weighted by molar-refractivity contribution is -0.115. The molecular weight excluding hydrogens is 300 g/mol. The number of para-hydroxylation sites is 2. The standard InChI is InChI=1S/C16H22N4O.ClH/c1-17-11-15(21)19-16-18-13-9-5-6-10-14(13)20(16)12-7-3-2-4-8-12;/h5-6,9-10,12,17H,2-4,7-8,11H2,1H3,(H,18,19,21);1H. The van der Waals surface area contributed by atoms with Crippen molar-refractivity contribution in [3.8, 4) is 0 Å². The lowest BCUT2D eigenvalue weighted by Crippen LogP contribution is -2.27. The lowest BCUT2D eigenvalue weighted by atomic mass is 9.95. The number of imidazole rings is 1. The third kappa shape index (κ3) is 3.42. The van der Waals surface area contributed by atoms with E-state index in [9.17, 15) is 4.79 Å². The zero-order valence-corrected chi connectivity index (χ0v) is 13.7. The van der Waals surface area contributed by atoms with Crippen LogP contribution in [0, 0.1) is 0 Å². The molecule has 1 aliphatic carbocycles. The maximum atomic E-state index is 11.9. The van der Waals surface area contributed by atoms with E-state index < -0.39 is 0 Å². The second kappa shape index (κ2) is 7.61. The van der Waals surface area contributed by atoms with E-state index in [4.69, 9.17) is 0 Å². The van der Waals surface area contributed by atoms with Crippen molar-refractivity contribution in [3.63, 3.8) is 0 Å². The summed E-state index contributed by atoms with van der Waals surface area (Å²) in [4.78, 5) is 16.5. The summed E-state index contributed by atoms with van der Waals surface area (Å²) in [5.74, 6) is 0.633. The van der Waals surface area contributed by atoms with Crippen molar-refractivity contribution in [2.24, 2.45) is 0 Å². The van der Waals surface area contributed by atoms with E-state index in [0.717, 1.165) is 23.9 Å². The minimum Gasteiger partial charge on any atom is -0.311 e. The van der Waals surface area contributed by atoms with Crippen LogP contribution < -0.4 is 10.6 Å². The topological polar surface area (TPSA) is 59.0 Å². The molecule has 0 aliphatic heterocycles. The largest absolute Gasteiger partial charge is 0.311 e. The number of benzene rings is 1. The van der Waals surface area contributed by atoms with Crippen LogP contribution in [0.1, 0.15) is 38.1 Å². The van der Waals surface area contributed by atoms with Crippen LogP contribution in [0.5, 0.6) is 0 Å². The van der Waals surface area contributed by atoms with Crippen molar-refractivity contribution in [1.82, 2.24) is 14.9 Å². The Kier molecular flexibility index (Phi) is 5.80. The SMILES string of the molecule is CNCC(=O)Nc1nc2ccccc2n1C1CCCCC1.Cl. The number of hydrogen-bond acceptors (Lipinski definition) is 3. The van der Waals surface area contributed by atoms with Gasteiger partial charge in [-0.3, -0.25) is 10.1 Å². The minimum absolute atomic E-state index is 0. The molecule has 0 radical (unpaired) electrons. The van der Waals surface area contributed by atoms with Crippen molar-refractivity contribution in [1.29, 1.82) is 0 Å². The smallest absolute Gasteiger partial charge is 0.240 e. The molecule has 3 rings (SSSR count). The molecule has 6 heteroatoms. The first-order chi connectivity index (χ1) is 10.3. The molecule has 1 saturated carbocycles. The third-order valence-corrected chi connectivity index (χ3v) is 4.12. The summed E-state index contributed by atoms with van der Waals surface area (Å²) in [6.45, 7) is 0.299. The zero-order chi connectivity index (χ0) is 14.7. The second-order valence-corrected chi connectivity index (χ2v) is 5.66. The Morgan fingerprint density at radius 3 is 2.73 bits per heavy atom. The van der Waals surface area contributed by atoms with Crippen molar-refractivity contribution in [2.45, 2.75) is 38.1 Å². The van der Waals surface area contributed by atoms with E-state index >= 15 is 0 Å². The van der Waals surface area contributed by atoms with Gasteiger partial charge in [0.25, 0.3) is 0 Å². The zero-order valence-electron chi connectivity index (χ0n) is 12.8. The fourth-order valence-electron chi connectivity index (χ4n) is 3.17. The highest BCUT2D eigenvalue weighted by Gasteiger charge is 2.22. The van der Waals surface area contributed by atoms with Crippen LogP contribution in [0.15, 0.2) is 24.3 Å². The maximum absolute atomic E-state index is 11.9. The van der Waals surface area contributed by atoms with E-state index in [2.05, 4.69) is 26.3 Å². The van der Waals surface area contributed by atoms with E-state index in [1.54, 1.807) is 7.05 Å². The van der Waals surface area contributed by atoms with Crippen LogP contribution in [0.25, 0.3) is 11.0 Å². The predicted octanol–water partition coefficient (Wildman–Crippen LogP) is 3.12. The van der Waals surface area contributed by atoms with Gasteiger partial charge in [-0.2, -0.15) is 0 Å². The van der Waals surface area contributed by atoms with Gasteiger partial charge in [-0.15, -0.1) is 12.4 Å². The molecule has 0 saturated heterocycles. The number of carbonyl (C=O) groups excluding carboxylic acids is 1. The second-order valence-electron chi connectivity index (χ2n) is 5.66. The molecule has 2 N–H and O–H groups in total. The molecule has 22 heavy (non-hydrogen) atoms. The number of nitrogens with zero attached hydrogens (tertiary/aromatic N) is 2. The summed E-state index contributed by atoms with van der Waals surface area (Å²) >= 11 is 0. The highest BCUT2D eigenvalue weighted by molar-refractivity contribution is 5.92. The average molecular weight is 323 g/mol. The Morgan fingerprint density at radius 1 is 1.27 bits per heavy atom. The number of fused-ring (bicyclic) bond motifs is 1. The van der Waals surface area contributed by atoms with E-state index in [-0.39, 0.29) is 18.3 Å². The van der Waals surface area contributed by atoms with Gasteiger partial charge in [0, 0.05) is 6.04 Å². The molecule has 1 amide bonds. The molecule has 0 spiro atoms. The summed E-state index contributed by atoms with van der Waals surface area (Å²) in [5, 5.41) is 5.82. The molecule has 1 heterocycles. The first-order valence-corrected chi connectivity index (χ1v) is 7.71. The molecular formula is C16H23ClN4O. The van der Waals surface area contributed by atoms with Crippen LogP contribution in [0.3, 0.4) is 0 Å². The first kappa shape index (κ1) is 16.8. The van der Waals surface area contributed by atoms with Gasteiger partial charge in [-0.05, 0) is 32.0 Å². The fourth-order valence-corrected chi connectivity index (χ4v) is 3.17. The molecule has 2 aromatic rings. The molecule has 0 bridgehead atoms. The minimum atomic E-state index is -0.0511. The molecule has 120 valence electrons. The summed E-state index contributed by atoms with van der Waals surface area (Å²) in [7, 11) is 1.77. The normalized spacial score (nSPS) is 15.5. The summed E-state index contributed by atoms with van der Waals surface area (Å²) < 4.78 is 2.22. The fraction of sp³-hybridized carbons (Fsp3) is 0.500. The Balaban J connectivity index is 0.00000176. The molecule has 1 fully saturated rings. The van der Waals surface area contributed by atoms with E-state index in [1.807, 2.05) is 18.2 Å². The number of carbonyl (C=O) groups is 1. The number of rotatable bonds is 4. The maximum Gasteiger partial charge on any atom is 0.240 e. The molecule has 0 unspecified atom stereocenters. The van der Waals surface area contributed by atoms with E-state index in [0.29, 0.717) is 18.5 Å². The van der Waals surface area contributed by atoms with Crippen LogP contribution in [0.4, 0.5) is 5.95 Å². The highest BCUT2D eigenvalue weighted by Crippen LogP contribution is 2.34. The van der Waals surface area contributed by atoms with Gasteiger partial charge in [0.2, 0.25) is 11.9 Å². The molecule has 0 atom stereocenters. The Morgan fingerprint density at radius 2 is 2.00 bits per heavy atom. The van der Waals surface area contributed by atoms with Crippen molar-refractivity contribution in [3.05, 3.63) is 24.3 Å². The quantitative estimate of drug-likeness (QED) is 0.909. The number of aromatic nitrogens is 2. The van der Waals surface area contributed by atoms with Crippen LogP contribution in [0.2, 0.25) is 0 Å². The molecule has 5 nitrogen and oxygen atoms in total. The van der Waals surface area contributed by atoms with Gasteiger partial charge in [0.05, 0.1) is 17.6 Å². The Hall–Kier alpha value is -1.59. The molecule has 1 aromatic carbocycles. The van der Waals surface area contributed by atoms with Crippen LogP contribution >= 0.6 is 12.4 Å². The third-order valence-electron chi connectivity index (χ3n) is 4.12. The van der Waals surface area contributed by atoms with Crippen LogP contribution in [-0.2, 0) is 4.79 Å². The number of likely N-dealkylation sites (N-methyl/N-ethyl adjacent to an activating group) is 1. The summed E-state index contributed by atoms with van der Waals surface area (Å²) in [5.41, 5.74) is 2.06. The monoisotopic (exact) mass is 322 g/mol. The number of nitrogens with one attached hydrogen (secondary N) is 2. The molecule has 1 aliphatic rings. The number of halogens is 1. The van der Waals surface area contributed by atoms with Gasteiger partial charge in [0.1, 0.15) is 0 Å². The number of anilines is 1. The lowest BCUT2D eigenvalue weighted by Gasteiger charge is -2.25. The van der Waals surface area contributed by atoms with Gasteiger partial charge in [0.15, 0.2) is 0 Å². The van der Waals surface area contributed by atoms with Gasteiger partial charge in [-0.1, -0.05) is 31.4 Å². The van der Waals surface area contributed by atoms with Crippen LogP contribution in [-0.4, -0.2) is 29.1 Å². The number of hydrogen-bond donors (Lipinski definition) is 2. The van der Waals surface area contributed by atoms with E-state index in [1.165, 1.54) is 19.3 Å². The first-order valence-electron chi connectivity index (χ1n) is 7.71. The van der Waals surface area contributed by atoms with Gasteiger partial charge >= 0.3 is 0 Å². The highest BCUT2D eigenvalue weighted by atomic mass is 35.5. The van der Waals surface area contributed by atoms with Gasteiger partial charge < -0.3 is 9.88 Å². The van der Waals surface area contributed by atoms with Crippen molar-refractivity contribution < 1.29 is 4.79 Å². The summed E-state index contributed by atoms with van der Waals surface area (Å²) in [6, 6.07) is 8.55. The summed E-state index contributed by atoms with van der Waals surface area (Å²) in [6.07, 6.45) is 6.14. The Labute approximate surface area is 136 Å². The van der Waals surface area contributed by atoms with Crippen molar-refractivity contribution in [2.75, 3.05) is 18.9 Å². The number of amides is 1. The van der Waals surface area contributed by atoms with Gasteiger partial charge in [-0.25, -0.2) is 4.98 Å². The Bertz CT molecular complexity index is 634. The average Bonchev–Trinajstić information content (AvgIpc) is 2.86. The molecule has 1 aromatic heterocycles. The predicted molar refractivity (Wildman–Crippen MR) is 91.7 cm³/mol.